The van der Waals surface area contributed by atoms with E-state index in [1.54, 1.807) is 13.0 Å². The van der Waals surface area contributed by atoms with Crippen LogP contribution >= 0.6 is 11.6 Å². The minimum absolute atomic E-state index is 0.0701. The van der Waals surface area contributed by atoms with Gasteiger partial charge in [0.05, 0.1) is 12.1 Å². The second-order valence-electron chi connectivity index (χ2n) is 3.89. The van der Waals surface area contributed by atoms with Crippen molar-refractivity contribution in [1.29, 1.82) is 0 Å². The summed E-state index contributed by atoms with van der Waals surface area (Å²) >= 11 is 5.85. The van der Waals surface area contributed by atoms with Gasteiger partial charge in [0.2, 0.25) is 0 Å². The molecule has 0 spiro atoms. The van der Waals surface area contributed by atoms with Crippen LogP contribution in [0.3, 0.4) is 0 Å². The average Bonchev–Trinajstić information content (AvgIpc) is 2.25. The first-order valence-corrected chi connectivity index (χ1v) is 5.83. The van der Waals surface area contributed by atoms with Gasteiger partial charge in [-0.1, -0.05) is 25.4 Å². The van der Waals surface area contributed by atoms with Crippen molar-refractivity contribution >= 4 is 17.4 Å². The largest absolute Gasteiger partial charge is 0.394 e. The first-order valence-electron chi connectivity index (χ1n) is 5.45. The summed E-state index contributed by atoms with van der Waals surface area (Å²) < 4.78 is 0. The van der Waals surface area contributed by atoms with Gasteiger partial charge in [0.1, 0.15) is 16.8 Å². The van der Waals surface area contributed by atoms with E-state index in [0.717, 1.165) is 12.8 Å². The van der Waals surface area contributed by atoms with Gasteiger partial charge in [-0.2, -0.15) is 0 Å². The van der Waals surface area contributed by atoms with Gasteiger partial charge < -0.3 is 10.4 Å². The highest BCUT2D eigenvalue weighted by molar-refractivity contribution is 6.29. The molecule has 0 saturated carbocycles. The number of aliphatic hydroxyl groups is 1. The first kappa shape index (κ1) is 13.2. The molecule has 1 heterocycles. The van der Waals surface area contributed by atoms with Crippen molar-refractivity contribution in [3.8, 4) is 0 Å². The normalized spacial score (nSPS) is 11.6. The van der Waals surface area contributed by atoms with Gasteiger partial charge in [-0.3, -0.25) is 0 Å². The number of aliphatic hydroxyl groups excluding tert-OH is 1. The predicted molar refractivity (Wildman–Crippen MR) is 65.8 cm³/mol. The Bertz CT molecular complexity index is 325. The molecule has 4 nitrogen and oxygen atoms in total. The molecule has 0 aliphatic rings. The molecule has 1 aromatic heterocycles. The Morgan fingerprint density at radius 2 is 2.00 bits per heavy atom. The Morgan fingerprint density at radius 3 is 2.44 bits per heavy atom. The highest BCUT2D eigenvalue weighted by atomic mass is 35.5. The molecule has 0 unspecified atom stereocenters. The maximum atomic E-state index is 9.44. The standard InChI is InChI=1S/C11H18ClN3O/c1-4-11(5-2,7-16)15-10-6-9(12)13-8(3)14-10/h6,16H,4-5,7H2,1-3H3,(H,13,14,15). The van der Waals surface area contributed by atoms with E-state index in [0.29, 0.717) is 16.8 Å². The van der Waals surface area contributed by atoms with E-state index in [4.69, 9.17) is 11.6 Å². The summed E-state index contributed by atoms with van der Waals surface area (Å²) in [4.78, 5) is 8.24. The molecule has 1 rings (SSSR count). The summed E-state index contributed by atoms with van der Waals surface area (Å²) in [5.74, 6) is 1.28. The molecule has 0 atom stereocenters. The highest BCUT2D eigenvalue weighted by Crippen LogP contribution is 2.22. The average molecular weight is 244 g/mol. The Balaban J connectivity index is 2.93. The molecule has 2 N–H and O–H groups in total. The summed E-state index contributed by atoms with van der Waals surface area (Å²) in [7, 11) is 0. The zero-order valence-electron chi connectivity index (χ0n) is 9.92. The van der Waals surface area contributed by atoms with Crippen LogP contribution < -0.4 is 5.32 Å². The third kappa shape index (κ3) is 3.06. The zero-order chi connectivity index (χ0) is 12.2. The topological polar surface area (TPSA) is 58.0 Å². The number of rotatable bonds is 5. The lowest BCUT2D eigenvalue weighted by Crippen LogP contribution is -2.41. The molecule has 5 heteroatoms. The van der Waals surface area contributed by atoms with Crippen LogP contribution in [0, 0.1) is 6.92 Å². The molecule has 0 fully saturated rings. The smallest absolute Gasteiger partial charge is 0.134 e. The fourth-order valence-corrected chi connectivity index (χ4v) is 1.78. The summed E-state index contributed by atoms with van der Waals surface area (Å²) in [5, 5.41) is 13.1. The second-order valence-corrected chi connectivity index (χ2v) is 4.28. The van der Waals surface area contributed by atoms with Crippen LogP contribution in [0.1, 0.15) is 32.5 Å². The summed E-state index contributed by atoms with van der Waals surface area (Å²) in [6.45, 7) is 5.92. The van der Waals surface area contributed by atoms with Crippen molar-refractivity contribution in [2.75, 3.05) is 11.9 Å². The van der Waals surface area contributed by atoms with Crippen molar-refractivity contribution in [2.24, 2.45) is 0 Å². The van der Waals surface area contributed by atoms with Crippen LogP contribution in [-0.2, 0) is 0 Å². The van der Waals surface area contributed by atoms with Gasteiger partial charge in [-0.05, 0) is 19.8 Å². The van der Waals surface area contributed by atoms with Crippen LogP contribution in [-0.4, -0.2) is 27.2 Å². The molecule has 90 valence electrons. The summed E-state index contributed by atoms with van der Waals surface area (Å²) in [6, 6.07) is 1.67. The molecule has 0 amide bonds. The third-order valence-corrected chi connectivity index (χ3v) is 3.05. The molecule has 0 saturated heterocycles. The number of hydrogen-bond acceptors (Lipinski definition) is 4. The molecular weight excluding hydrogens is 226 g/mol. The third-order valence-electron chi connectivity index (χ3n) is 2.86. The van der Waals surface area contributed by atoms with Gasteiger partial charge in [0.25, 0.3) is 0 Å². The van der Waals surface area contributed by atoms with Gasteiger partial charge >= 0.3 is 0 Å². The molecule has 16 heavy (non-hydrogen) atoms. The van der Waals surface area contributed by atoms with Crippen molar-refractivity contribution in [3.63, 3.8) is 0 Å². The number of aryl methyl sites for hydroxylation is 1. The minimum Gasteiger partial charge on any atom is -0.394 e. The Morgan fingerprint density at radius 1 is 1.38 bits per heavy atom. The van der Waals surface area contributed by atoms with Crippen LogP contribution in [0.25, 0.3) is 0 Å². The fourth-order valence-electron chi connectivity index (χ4n) is 1.56. The van der Waals surface area contributed by atoms with Crippen LogP contribution in [0.5, 0.6) is 0 Å². The number of anilines is 1. The van der Waals surface area contributed by atoms with Gasteiger partial charge in [0, 0.05) is 6.07 Å². The summed E-state index contributed by atoms with van der Waals surface area (Å²) in [6.07, 6.45) is 1.64. The van der Waals surface area contributed by atoms with Crippen LogP contribution in [0.2, 0.25) is 5.15 Å². The van der Waals surface area contributed by atoms with Crippen molar-refractivity contribution < 1.29 is 5.11 Å². The van der Waals surface area contributed by atoms with E-state index in [2.05, 4.69) is 15.3 Å². The number of nitrogens with one attached hydrogen (secondary N) is 1. The second kappa shape index (κ2) is 5.46. The SMILES string of the molecule is CCC(CC)(CO)Nc1cc(Cl)nc(C)n1. The number of nitrogens with zero attached hydrogens (tertiary/aromatic N) is 2. The van der Waals surface area contributed by atoms with E-state index >= 15 is 0 Å². The predicted octanol–water partition coefficient (Wildman–Crippen LogP) is 2.40. The molecule has 0 aliphatic carbocycles. The summed E-state index contributed by atoms with van der Waals surface area (Å²) in [5.41, 5.74) is -0.329. The maximum absolute atomic E-state index is 9.44. The molecule has 0 aromatic carbocycles. The van der Waals surface area contributed by atoms with Crippen molar-refractivity contribution in [3.05, 3.63) is 17.0 Å². The number of aromatic nitrogens is 2. The first-order chi connectivity index (χ1) is 7.55. The Kier molecular flexibility index (Phi) is 4.50. The van der Waals surface area contributed by atoms with Crippen LogP contribution in [0.15, 0.2) is 6.07 Å². The van der Waals surface area contributed by atoms with E-state index < -0.39 is 0 Å². The lowest BCUT2D eigenvalue weighted by Gasteiger charge is -2.31. The van der Waals surface area contributed by atoms with Gasteiger partial charge in [-0.25, -0.2) is 9.97 Å². The van der Waals surface area contributed by atoms with E-state index in [1.807, 2.05) is 13.8 Å². The van der Waals surface area contributed by atoms with Gasteiger partial charge in [-0.15, -0.1) is 0 Å². The van der Waals surface area contributed by atoms with Crippen molar-refractivity contribution in [2.45, 2.75) is 39.2 Å². The van der Waals surface area contributed by atoms with Crippen LogP contribution in [0.4, 0.5) is 5.82 Å². The zero-order valence-corrected chi connectivity index (χ0v) is 10.7. The Labute approximate surface area is 101 Å². The minimum atomic E-state index is -0.329. The molecule has 0 radical (unpaired) electrons. The van der Waals surface area contributed by atoms with E-state index in [-0.39, 0.29) is 12.1 Å². The molecule has 1 aromatic rings. The van der Waals surface area contributed by atoms with E-state index in [9.17, 15) is 5.11 Å². The lowest BCUT2D eigenvalue weighted by atomic mass is 9.94. The van der Waals surface area contributed by atoms with E-state index in [1.165, 1.54) is 0 Å². The Hall–Kier alpha value is -0.870. The number of hydrogen-bond donors (Lipinski definition) is 2. The quantitative estimate of drug-likeness (QED) is 0.780. The van der Waals surface area contributed by atoms with Crippen molar-refractivity contribution in [1.82, 2.24) is 9.97 Å². The maximum Gasteiger partial charge on any atom is 0.134 e. The van der Waals surface area contributed by atoms with Gasteiger partial charge in [0.15, 0.2) is 0 Å². The fraction of sp³-hybridized carbons (Fsp3) is 0.636. The molecule has 0 bridgehead atoms. The lowest BCUT2D eigenvalue weighted by molar-refractivity contribution is 0.202. The molecular formula is C11H18ClN3O. The highest BCUT2D eigenvalue weighted by Gasteiger charge is 2.25. The monoisotopic (exact) mass is 243 g/mol. The molecule has 0 aliphatic heterocycles. The number of halogens is 1.